The third-order valence-corrected chi connectivity index (χ3v) is 3.70. The zero-order valence-corrected chi connectivity index (χ0v) is 9.79. The van der Waals surface area contributed by atoms with Crippen LogP contribution in [-0.4, -0.2) is 38.0 Å². The minimum atomic E-state index is 0.0849. The Balaban J connectivity index is 1.67. The van der Waals surface area contributed by atoms with E-state index in [1.54, 1.807) is 0 Å². The molecule has 0 unspecified atom stereocenters. The maximum Gasteiger partial charge on any atom is 0.220 e. The molecule has 88 valence electrons. The minimum Gasteiger partial charge on any atom is -0.349 e. The number of rotatable bonds is 4. The molecule has 0 aromatic carbocycles. The van der Waals surface area contributed by atoms with Crippen LogP contribution in [0.15, 0.2) is 0 Å². The van der Waals surface area contributed by atoms with E-state index in [1.807, 2.05) is 11.8 Å². The van der Waals surface area contributed by atoms with E-state index in [0.29, 0.717) is 24.7 Å². The highest BCUT2D eigenvalue weighted by Crippen LogP contribution is 2.24. The van der Waals surface area contributed by atoms with Crippen molar-refractivity contribution in [2.75, 3.05) is 11.5 Å². The van der Waals surface area contributed by atoms with Gasteiger partial charge in [0.15, 0.2) is 5.82 Å². The first-order chi connectivity index (χ1) is 7.84. The van der Waals surface area contributed by atoms with Gasteiger partial charge in [0.25, 0.3) is 0 Å². The molecule has 0 aliphatic carbocycles. The van der Waals surface area contributed by atoms with E-state index in [-0.39, 0.29) is 5.91 Å². The highest BCUT2D eigenvalue weighted by molar-refractivity contribution is 7.99. The highest BCUT2D eigenvalue weighted by atomic mass is 32.2. The van der Waals surface area contributed by atoms with Crippen LogP contribution in [0.4, 0.5) is 0 Å². The number of hydrogen-bond acceptors (Lipinski definition) is 5. The number of aromatic nitrogens is 4. The molecule has 1 fully saturated rings. The molecule has 1 amide bonds. The fourth-order valence-corrected chi connectivity index (χ4v) is 2.92. The molecule has 1 aromatic rings. The summed E-state index contributed by atoms with van der Waals surface area (Å²) in [6.07, 6.45) is 2.93. The Labute approximate surface area is 98.0 Å². The van der Waals surface area contributed by atoms with Crippen molar-refractivity contribution >= 4 is 17.7 Å². The number of nitrogens with one attached hydrogen (secondary N) is 2. The Morgan fingerprint density at radius 1 is 1.50 bits per heavy atom. The van der Waals surface area contributed by atoms with Crippen LogP contribution in [0, 0.1) is 5.92 Å². The highest BCUT2D eigenvalue weighted by Gasteiger charge is 2.17. The first-order valence-corrected chi connectivity index (χ1v) is 6.57. The average Bonchev–Trinajstić information content (AvgIpc) is 2.81. The summed E-state index contributed by atoms with van der Waals surface area (Å²) >= 11 is 1.97. The van der Waals surface area contributed by atoms with Crippen LogP contribution in [0.3, 0.4) is 0 Å². The Hall–Kier alpha value is -1.11. The van der Waals surface area contributed by atoms with E-state index in [4.69, 9.17) is 0 Å². The maximum absolute atomic E-state index is 11.6. The fourth-order valence-electron chi connectivity index (χ4n) is 1.72. The summed E-state index contributed by atoms with van der Waals surface area (Å²) in [7, 11) is 0. The number of carbonyl (C=O) groups excluding carboxylic acids is 1. The predicted molar refractivity (Wildman–Crippen MR) is 60.7 cm³/mol. The monoisotopic (exact) mass is 241 g/mol. The predicted octanol–water partition coefficient (Wildman–Crippen LogP) is 0.349. The summed E-state index contributed by atoms with van der Waals surface area (Å²) < 4.78 is 0. The van der Waals surface area contributed by atoms with Gasteiger partial charge in [-0.3, -0.25) is 4.79 Å². The molecule has 0 atom stereocenters. The first-order valence-electron chi connectivity index (χ1n) is 5.41. The van der Waals surface area contributed by atoms with E-state index in [2.05, 4.69) is 25.9 Å². The molecule has 0 radical (unpaired) electrons. The van der Waals surface area contributed by atoms with Crippen molar-refractivity contribution in [3.05, 3.63) is 5.82 Å². The standard InChI is InChI=1S/C9H15N5OS/c15-9(5-7-1-3-16-4-2-7)10-6-8-11-13-14-12-8/h7H,1-6H2,(H,10,15)(H,11,12,13,14). The van der Waals surface area contributed by atoms with Gasteiger partial charge in [-0.2, -0.15) is 17.0 Å². The van der Waals surface area contributed by atoms with Crippen molar-refractivity contribution < 1.29 is 4.79 Å². The number of nitrogens with zero attached hydrogens (tertiary/aromatic N) is 3. The third-order valence-electron chi connectivity index (χ3n) is 2.65. The van der Waals surface area contributed by atoms with E-state index >= 15 is 0 Å². The zero-order valence-electron chi connectivity index (χ0n) is 8.98. The van der Waals surface area contributed by atoms with Crippen LogP contribution in [0.1, 0.15) is 25.1 Å². The molecule has 0 spiro atoms. The van der Waals surface area contributed by atoms with Gasteiger partial charge in [0, 0.05) is 6.42 Å². The van der Waals surface area contributed by atoms with Gasteiger partial charge in [-0.15, -0.1) is 10.2 Å². The van der Waals surface area contributed by atoms with Gasteiger partial charge in [0.2, 0.25) is 5.91 Å². The minimum absolute atomic E-state index is 0.0849. The Bertz CT molecular complexity index is 323. The number of hydrogen-bond donors (Lipinski definition) is 2. The fraction of sp³-hybridized carbons (Fsp3) is 0.778. The van der Waals surface area contributed by atoms with Crippen LogP contribution in [0.2, 0.25) is 0 Å². The molecule has 6 nitrogen and oxygen atoms in total. The molecule has 2 N–H and O–H groups in total. The summed E-state index contributed by atoms with van der Waals surface area (Å²) in [5.41, 5.74) is 0. The lowest BCUT2D eigenvalue weighted by Gasteiger charge is -2.20. The first kappa shape index (κ1) is 11.4. The largest absolute Gasteiger partial charge is 0.349 e. The van der Waals surface area contributed by atoms with Crippen LogP contribution in [-0.2, 0) is 11.3 Å². The molecule has 1 aliphatic heterocycles. The number of H-pyrrole nitrogens is 1. The number of tetrazole rings is 1. The Kier molecular flexibility index (Phi) is 4.15. The molecule has 0 bridgehead atoms. The van der Waals surface area contributed by atoms with Crippen molar-refractivity contribution in [2.24, 2.45) is 5.92 Å². The Morgan fingerprint density at radius 3 is 3.00 bits per heavy atom. The van der Waals surface area contributed by atoms with Crippen LogP contribution in [0.25, 0.3) is 0 Å². The summed E-state index contributed by atoms with van der Waals surface area (Å²) in [5, 5.41) is 16.1. The topological polar surface area (TPSA) is 83.6 Å². The zero-order chi connectivity index (χ0) is 11.2. The van der Waals surface area contributed by atoms with E-state index in [0.717, 1.165) is 12.8 Å². The summed E-state index contributed by atoms with van der Waals surface area (Å²) in [6.45, 7) is 0.358. The quantitative estimate of drug-likeness (QED) is 0.794. The third kappa shape index (κ3) is 3.48. The Morgan fingerprint density at radius 2 is 2.31 bits per heavy atom. The van der Waals surface area contributed by atoms with Gasteiger partial charge in [-0.05, 0) is 30.3 Å². The van der Waals surface area contributed by atoms with E-state index in [1.165, 1.54) is 11.5 Å². The van der Waals surface area contributed by atoms with Crippen LogP contribution in [0.5, 0.6) is 0 Å². The number of thioether (sulfide) groups is 1. The SMILES string of the molecule is O=C(CC1CCSCC1)NCc1nn[nH]n1. The van der Waals surface area contributed by atoms with Gasteiger partial charge in [0.1, 0.15) is 0 Å². The molecule has 1 aliphatic rings. The normalized spacial score (nSPS) is 17.2. The van der Waals surface area contributed by atoms with Crippen molar-refractivity contribution in [3.63, 3.8) is 0 Å². The summed E-state index contributed by atoms with van der Waals surface area (Å²) in [5.74, 6) is 3.52. The van der Waals surface area contributed by atoms with Crippen molar-refractivity contribution in [1.82, 2.24) is 25.9 Å². The molecule has 16 heavy (non-hydrogen) atoms. The lowest BCUT2D eigenvalue weighted by atomic mass is 9.98. The van der Waals surface area contributed by atoms with Gasteiger partial charge < -0.3 is 5.32 Å². The molecule has 0 saturated carbocycles. The van der Waals surface area contributed by atoms with Crippen LogP contribution < -0.4 is 5.32 Å². The van der Waals surface area contributed by atoms with E-state index in [9.17, 15) is 4.79 Å². The number of amides is 1. The summed E-state index contributed by atoms with van der Waals surface area (Å²) in [4.78, 5) is 11.6. The average molecular weight is 241 g/mol. The molecular formula is C9H15N5OS. The maximum atomic E-state index is 11.6. The number of carbonyl (C=O) groups is 1. The lowest BCUT2D eigenvalue weighted by molar-refractivity contribution is -0.122. The van der Waals surface area contributed by atoms with Crippen LogP contribution >= 0.6 is 11.8 Å². The van der Waals surface area contributed by atoms with Crippen molar-refractivity contribution in [3.8, 4) is 0 Å². The van der Waals surface area contributed by atoms with Crippen molar-refractivity contribution in [1.29, 1.82) is 0 Å². The van der Waals surface area contributed by atoms with Gasteiger partial charge in [-0.25, -0.2) is 0 Å². The second-order valence-corrected chi connectivity index (χ2v) is 5.09. The van der Waals surface area contributed by atoms with Crippen molar-refractivity contribution in [2.45, 2.75) is 25.8 Å². The second-order valence-electron chi connectivity index (χ2n) is 3.86. The smallest absolute Gasteiger partial charge is 0.220 e. The molecule has 7 heteroatoms. The number of aromatic amines is 1. The molecule has 1 saturated heterocycles. The van der Waals surface area contributed by atoms with Gasteiger partial charge in [0.05, 0.1) is 6.54 Å². The molecular weight excluding hydrogens is 226 g/mol. The van der Waals surface area contributed by atoms with Gasteiger partial charge >= 0.3 is 0 Å². The summed E-state index contributed by atoms with van der Waals surface area (Å²) in [6, 6.07) is 0. The molecule has 2 rings (SSSR count). The second kappa shape index (κ2) is 5.83. The lowest BCUT2D eigenvalue weighted by Crippen LogP contribution is -2.26. The molecule has 1 aromatic heterocycles. The molecule has 2 heterocycles. The van der Waals surface area contributed by atoms with E-state index < -0.39 is 0 Å². The van der Waals surface area contributed by atoms with Gasteiger partial charge in [-0.1, -0.05) is 5.21 Å².